The van der Waals surface area contributed by atoms with Gasteiger partial charge in [0.2, 0.25) is 0 Å². The van der Waals surface area contributed by atoms with E-state index in [0.29, 0.717) is 29.0 Å². The lowest BCUT2D eigenvalue weighted by Gasteiger charge is -2.44. The van der Waals surface area contributed by atoms with Crippen LogP contribution in [0, 0.1) is 11.8 Å². The molecule has 9 heteroatoms. The van der Waals surface area contributed by atoms with E-state index in [9.17, 15) is 9.90 Å². The summed E-state index contributed by atoms with van der Waals surface area (Å²) < 4.78 is 7.42. The van der Waals surface area contributed by atoms with E-state index >= 15 is 0 Å². The number of rotatable bonds is 5. The number of hydrogen-bond donors (Lipinski definition) is 2. The first-order valence-corrected chi connectivity index (χ1v) is 8.88. The molecule has 4 rings (SSSR count). The number of hydrogen-bond acceptors (Lipinski definition) is 8. The minimum Gasteiger partial charge on any atom is -0.462 e. The Balaban J connectivity index is 1.41. The van der Waals surface area contributed by atoms with E-state index < -0.39 is 0 Å². The van der Waals surface area contributed by atoms with E-state index in [1.54, 1.807) is 12.5 Å². The second-order valence-electron chi connectivity index (χ2n) is 7.00. The molecule has 0 aromatic carbocycles. The van der Waals surface area contributed by atoms with Gasteiger partial charge in [-0.3, -0.25) is 0 Å². The molecule has 9 nitrogen and oxygen atoms in total. The van der Waals surface area contributed by atoms with Crippen LogP contribution in [0.25, 0.3) is 11.2 Å². The summed E-state index contributed by atoms with van der Waals surface area (Å²) in [7, 11) is 1.87. The summed E-state index contributed by atoms with van der Waals surface area (Å²) >= 11 is 0. The Labute approximate surface area is 156 Å². The summed E-state index contributed by atoms with van der Waals surface area (Å²) in [4.78, 5) is 26.6. The zero-order valence-corrected chi connectivity index (χ0v) is 15.0. The smallest absolute Gasteiger partial charge is 0.335 e. The average molecular weight is 370 g/mol. The molecule has 3 heterocycles. The van der Waals surface area contributed by atoms with Crippen LogP contribution in [0.4, 0.5) is 5.82 Å². The molecule has 2 aliphatic rings. The van der Waals surface area contributed by atoms with Crippen molar-refractivity contribution >= 4 is 23.0 Å². The van der Waals surface area contributed by atoms with E-state index in [4.69, 9.17) is 10.5 Å². The Kier molecular flexibility index (Phi) is 4.53. The Bertz CT molecular complexity index is 921. The number of nitrogens with zero attached hydrogens (tertiary/aromatic N) is 5. The summed E-state index contributed by atoms with van der Waals surface area (Å²) in [6.45, 7) is 0.288. The largest absolute Gasteiger partial charge is 0.462 e. The Morgan fingerprint density at radius 2 is 2.26 bits per heavy atom. The van der Waals surface area contributed by atoms with Gasteiger partial charge in [0.05, 0.1) is 18.5 Å². The lowest BCUT2D eigenvalue weighted by atomic mass is 9.70. The molecule has 27 heavy (non-hydrogen) atoms. The number of carbonyl (C=O) groups is 1. The molecule has 0 unspecified atom stereocenters. The predicted molar refractivity (Wildman–Crippen MR) is 98.0 cm³/mol. The van der Waals surface area contributed by atoms with Crippen LogP contribution in [-0.2, 0) is 9.53 Å². The minimum absolute atomic E-state index is 0.00128. The van der Waals surface area contributed by atoms with Crippen LogP contribution >= 0.6 is 0 Å². The standard InChI is InChI=1S/C18H22N6O3/c1-23-4-2-3-11(6-23)18(26)27-8-12-5-14(13(12)7-25)24-10-22-15-16(19)20-9-21-17(15)24/h2,4,6,9-10,12-14,25H,3,5,7-8H2,1H3,(H2,19,20,21)/t12-,13+,14-/m1/s1. The highest BCUT2D eigenvalue weighted by atomic mass is 16.5. The van der Waals surface area contributed by atoms with Crippen LogP contribution in [0.3, 0.4) is 0 Å². The van der Waals surface area contributed by atoms with Gasteiger partial charge in [0.15, 0.2) is 11.5 Å². The Morgan fingerprint density at radius 3 is 3.04 bits per heavy atom. The van der Waals surface area contributed by atoms with Gasteiger partial charge in [-0.1, -0.05) is 6.08 Å². The van der Waals surface area contributed by atoms with Crippen LogP contribution in [0.1, 0.15) is 18.9 Å². The number of aromatic nitrogens is 4. The first-order chi connectivity index (χ1) is 13.1. The lowest BCUT2D eigenvalue weighted by molar-refractivity contribution is -0.144. The maximum Gasteiger partial charge on any atom is 0.335 e. The molecule has 3 atom stereocenters. The van der Waals surface area contributed by atoms with Gasteiger partial charge in [-0.2, -0.15) is 0 Å². The third-order valence-electron chi connectivity index (χ3n) is 5.33. The third-order valence-corrected chi connectivity index (χ3v) is 5.33. The van der Waals surface area contributed by atoms with Gasteiger partial charge in [0, 0.05) is 44.2 Å². The number of imidazole rings is 1. The van der Waals surface area contributed by atoms with Gasteiger partial charge < -0.3 is 25.0 Å². The van der Waals surface area contributed by atoms with Gasteiger partial charge in [0.1, 0.15) is 11.8 Å². The number of aliphatic hydroxyl groups is 1. The molecule has 2 aromatic heterocycles. The van der Waals surface area contributed by atoms with Crippen LogP contribution in [0.5, 0.6) is 0 Å². The van der Waals surface area contributed by atoms with Crippen molar-refractivity contribution in [3.05, 3.63) is 36.7 Å². The predicted octanol–water partition coefficient (Wildman–Crippen LogP) is 0.854. The molecular weight excluding hydrogens is 348 g/mol. The number of fused-ring (bicyclic) bond motifs is 1. The SMILES string of the molecule is CN1C=CCC(C(=O)OC[C@H]2C[C@@H](n3cnc4c(N)ncnc43)[C@H]2CO)=C1. The van der Waals surface area contributed by atoms with E-state index in [2.05, 4.69) is 15.0 Å². The number of anilines is 1. The zero-order valence-electron chi connectivity index (χ0n) is 15.0. The van der Waals surface area contributed by atoms with Gasteiger partial charge in [-0.15, -0.1) is 0 Å². The first kappa shape index (κ1) is 17.5. The van der Waals surface area contributed by atoms with E-state index in [0.717, 1.165) is 6.42 Å². The highest BCUT2D eigenvalue weighted by Crippen LogP contribution is 2.45. The molecule has 0 saturated heterocycles. The third kappa shape index (κ3) is 3.14. The number of esters is 1. The molecule has 1 aliphatic carbocycles. The van der Waals surface area contributed by atoms with Crippen molar-refractivity contribution in [2.75, 3.05) is 26.0 Å². The van der Waals surface area contributed by atoms with Crippen LogP contribution in [0.2, 0.25) is 0 Å². The fourth-order valence-electron chi connectivity index (χ4n) is 3.77. The van der Waals surface area contributed by atoms with Crippen molar-refractivity contribution in [2.45, 2.75) is 18.9 Å². The van der Waals surface area contributed by atoms with Crippen molar-refractivity contribution in [3.8, 4) is 0 Å². The van der Waals surface area contributed by atoms with Crippen molar-refractivity contribution in [1.29, 1.82) is 0 Å². The molecule has 142 valence electrons. The molecule has 1 aliphatic heterocycles. The molecule has 1 saturated carbocycles. The first-order valence-electron chi connectivity index (χ1n) is 8.88. The molecule has 2 aromatic rings. The van der Waals surface area contributed by atoms with E-state index in [1.807, 2.05) is 28.8 Å². The fraction of sp³-hybridized carbons (Fsp3) is 0.444. The fourth-order valence-corrected chi connectivity index (χ4v) is 3.77. The van der Waals surface area contributed by atoms with Crippen LogP contribution < -0.4 is 5.73 Å². The zero-order chi connectivity index (χ0) is 19.0. The average Bonchev–Trinajstić information content (AvgIpc) is 3.06. The molecule has 0 spiro atoms. The number of allylic oxidation sites excluding steroid dienone is 1. The van der Waals surface area contributed by atoms with Crippen molar-refractivity contribution in [3.63, 3.8) is 0 Å². The normalized spacial score (nSPS) is 24.6. The van der Waals surface area contributed by atoms with E-state index in [1.165, 1.54) is 6.33 Å². The number of carbonyl (C=O) groups excluding carboxylic acids is 1. The summed E-state index contributed by atoms with van der Waals surface area (Å²) in [5.41, 5.74) is 7.68. The van der Waals surface area contributed by atoms with Gasteiger partial charge in [0.25, 0.3) is 0 Å². The quantitative estimate of drug-likeness (QED) is 0.744. The highest BCUT2D eigenvalue weighted by Gasteiger charge is 2.43. The van der Waals surface area contributed by atoms with Crippen LogP contribution in [0.15, 0.2) is 36.7 Å². The van der Waals surface area contributed by atoms with Gasteiger partial charge >= 0.3 is 5.97 Å². The minimum atomic E-state index is -0.306. The van der Waals surface area contributed by atoms with Gasteiger partial charge in [-0.05, 0) is 12.6 Å². The summed E-state index contributed by atoms with van der Waals surface area (Å²) in [5, 5.41) is 9.84. The molecular formula is C18H22N6O3. The number of nitrogen functional groups attached to an aromatic ring is 1. The summed E-state index contributed by atoms with van der Waals surface area (Å²) in [6, 6.07) is 0.0426. The molecule has 0 bridgehead atoms. The second-order valence-corrected chi connectivity index (χ2v) is 7.00. The van der Waals surface area contributed by atoms with Crippen LogP contribution in [-0.4, -0.2) is 55.8 Å². The monoisotopic (exact) mass is 370 g/mol. The molecule has 0 radical (unpaired) electrons. The maximum atomic E-state index is 12.2. The van der Waals surface area contributed by atoms with Gasteiger partial charge in [-0.25, -0.2) is 19.7 Å². The molecule has 1 fully saturated rings. The molecule has 0 amide bonds. The second kappa shape index (κ2) is 6.99. The number of nitrogens with two attached hydrogens (primary N) is 1. The lowest BCUT2D eigenvalue weighted by Crippen LogP contribution is -2.43. The molecule has 3 N–H and O–H groups in total. The summed E-state index contributed by atoms with van der Waals surface area (Å²) in [5.74, 6) is 0.0937. The Hall–Kier alpha value is -2.94. The van der Waals surface area contributed by atoms with E-state index in [-0.39, 0.29) is 37.1 Å². The Morgan fingerprint density at radius 1 is 1.41 bits per heavy atom. The van der Waals surface area contributed by atoms with Crippen molar-refractivity contribution < 1.29 is 14.6 Å². The topological polar surface area (TPSA) is 119 Å². The number of aliphatic hydroxyl groups excluding tert-OH is 1. The van der Waals surface area contributed by atoms with Crippen molar-refractivity contribution in [2.24, 2.45) is 11.8 Å². The highest BCUT2D eigenvalue weighted by molar-refractivity contribution is 5.88. The maximum absolute atomic E-state index is 12.2. The summed E-state index contributed by atoms with van der Waals surface area (Å²) in [6.07, 6.45) is 10.0. The van der Waals surface area contributed by atoms with Crippen molar-refractivity contribution in [1.82, 2.24) is 24.4 Å². The number of ether oxygens (including phenoxy) is 1.